The molecule has 11 heteroatoms. The van der Waals surface area contributed by atoms with Gasteiger partial charge in [-0.3, -0.25) is 0 Å². The highest BCUT2D eigenvalue weighted by atomic mass is 19.4. The molecule has 2 aromatic heterocycles. The zero-order valence-electron chi connectivity index (χ0n) is 13.8. The third kappa shape index (κ3) is 3.19. The van der Waals surface area contributed by atoms with Crippen molar-refractivity contribution in [2.24, 2.45) is 7.05 Å². The molecule has 138 valence electrons. The first kappa shape index (κ1) is 17.7. The second-order valence-corrected chi connectivity index (χ2v) is 5.32. The van der Waals surface area contributed by atoms with E-state index in [1.807, 2.05) is 0 Å². The van der Waals surface area contributed by atoms with Crippen LogP contribution in [0.25, 0.3) is 10.9 Å². The van der Waals surface area contributed by atoms with Crippen molar-refractivity contribution in [1.82, 2.24) is 25.2 Å². The van der Waals surface area contributed by atoms with Gasteiger partial charge in [-0.2, -0.15) is 13.2 Å². The fourth-order valence-corrected chi connectivity index (χ4v) is 2.58. The van der Waals surface area contributed by atoms with Crippen molar-refractivity contribution in [3.05, 3.63) is 35.3 Å². The molecule has 1 N–H and O–H groups in total. The minimum Gasteiger partial charge on any atom is -0.483 e. The van der Waals surface area contributed by atoms with Crippen LogP contribution < -0.4 is 4.74 Å². The van der Waals surface area contributed by atoms with E-state index in [0.717, 1.165) is 12.1 Å². The number of carbonyl (C=O) groups is 1. The number of aryl methyl sites for hydroxylation is 1. The molecular formula is C15H14F3N5O3. The number of tetrazole rings is 1. The maximum absolute atomic E-state index is 13.4. The summed E-state index contributed by atoms with van der Waals surface area (Å²) < 4.78 is 51.8. The van der Waals surface area contributed by atoms with E-state index in [-0.39, 0.29) is 35.6 Å². The summed E-state index contributed by atoms with van der Waals surface area (Å²) in [7, 11) is 1.47. The van der Waals surface area contributed by atoms with E-state index >= 15 is 0 Å². The van der Waals surface area contributed by atoms with Crippen LogP contribution in [0.1, 0.15) is 28.8 Å². The first-order valence-electron chi connectivity index (χ1n) is 7.55. The van der Waals surface area contributed by atoms with Gasteiger partial charge in [0.25, 0.3) is 0 Å². The Morgan fingerprint density at radius 1 is 1.35 bits per heavy atom. The molecule has 1 aromatic carbocycles. The van der Waals surface area contributed by atoms with Gasteiger partial charge < -0.3 is 14.0 Å². The van der Waals surface area contributed by atoms with Gasteiger partial charge in [-0.25, -0.2) is 9.89 Å². The molecule has 0 spiro atoms. The lowest BCUT2D eigenvalue weighted by atomic mass is 10.1. The molecule has 3 aromatic rings. The van der Waals surface area contributed by atoms with Crippen molar-refractivity contribution >= 4 is 16.9 Å². The SMILES string of the molecule is CCOC(=O)c1cc2c(C(F)(F)F)ccc(OCc3nnn[nH]3)c2n1C. The minimum atomic E-state index is -4.58. The Kier molecular flexibility index (Phi) is 4.53. The minimum absolute atomic E-state index is 0.00951. The smallest absolute Gasteiger partial charge is 0.417 e. The maximum Gasteiger partial charge on any atom is 0.417 e. The summed E-state index contributed by atoms with van der Waals surface area (Å²) in [6, 6.07) is 3.26. The maximum atomic E-state index is 13.4. The number of nitrogens with zero attached hydrogens (tertiary/aromatic N) is 4. The molecule has 0 aliphatic carbocycles. The van der Waals surface area contributed by atoms with Gasteiger partial charge in [0.15, 0.2) is 5.82 Å². The first-order valence-corrected chi connectivity index (χ1v) is 7.55. The summed E-state index contributed by atoms with van der Waals surface area (Å²) in [6.45, 7) is 1.64. The molecule has 0 aliphatic rings. The third-order valence-corrected chi connectivity index (χ3v) is 3.70. The molecule has 0 unspecified atom stereocenters. The highest BCUT2D eigenvalue weighted by molar-refractivity contribution is 5.99. The average molecular weight is 369 g/mol. The fraction of sp³-hybridized carbons (Fsp3) is 0.333. The molecule has 26 heavy (non-hydrogen) atoms. The summed E-state index contributed by atoms with van der Waals surface area (Å²) in [5, 5.41) is 12.8. The number of H-pyrrole nitrogens is 1. The Morgan fingerprint density at radius 2 is 2.12 bits per heavy atom. The number of hydrogen-bond donors (Lipinski definition) is 1. The number of rotatable bonds is 5. The molecular weight excluding hydrogens is 355 g/mol. The second kappa shape index (κ2) is 6.65. The summed E-state index contributed by atoms with van der Waals surface area (Å²) in [5.41, 5.74) is -0.757. The normalized spacial score (nSPS) is 11.7. The Labute approximate surface area is 144 Å². The van der Waals surface area contributed by atoms with Crippen LogP contribution >= 0.6 is 0 Å². The molecule has 2 heterocycles. The van der Waals surface area contributed by atoms with Crippen LogP contribution in [0.4, 0.5) is 13.2 Å². The quantitative estimate of drug-likeness (QED) is 0.694. The fourth-order valence-electron chi connectivity index (χ4n) is 2.58. The van der Waals surface area contributed by atoms with Crippen molar-refractivity contribution in [1.29, 1.82) is 0 Å². The number of alkyl halides is 3. The van der Waals surface area contributed by atoms with Gasteiger partial charge in [-0.05, 0) is 35.5 Å². The second-order valence-electron chi connectivity index (χ2n) is 5.32. The lowest BCUT2D eigenvalue weighted by Crippen LogP contribution is -2.10. The lowest BCUT2D eigenvalue weighted by Gasteiger charge is -2.13. The molecule has 8 nitrogen and oxygen atoms in total. The molecule has 0 bridgehead atoms. The van der Waals surface area contributed by atoms with Gasteiger partial charge in [0.2, 0.25) is 0 Å². The van der Waals surface area contributed by atoms with Crippen molar-refractivity contribution in [3.8, 4) is 5.75 Å². The largest absolute Gasteiger partial charge is 0.483 e. The van der Waals surface area contributed by atoms with E-state index in [4.69, 9.17) is 9.47 Å². The summed E-state index contributed by atoms with van der Waals surface area (Å²) in [6.07, 6.45) is -4.58. The topological polar surface area (TPSA) is 94.9 Å². The van der Waals surface area contributed by atoms with E-state index in [2.05, 4.69) is 20.6 Å². The zero-order valence-corrected chi connectivity index (χ0v) is 13.8. The Bertz CT molecular complexity index is 934. The number of carbonyl (C=O) groups excluding carboxylic acids is 1. The summed E-state index contributed by atoms with van der Waals surface area (Å²) in [4.78, 5) is 12.1. The Balaban J connectivity index is 2.12. The Morgan fingerprint density at radius 3 is 2.73 bits per heavy atom. The number of esters is 1. The van der Waals surface area contributed by atoms with Crippen LogP contribution in [-0.4, -0.2) is 37.8 Å². The van der Waals surface area contributed by atoms with Gasteiger partial charge in [0.05, 0.1) is 17.7 Å². The van der Waals surface area contributed by atoms with E-state index < -0.39 is 17.7 Å². The van der Waals surface area contributed by atoms with Crippen molar-refractivity contribution in [2.75, 3.05) is 6.61 Å². The van der Waals surface area contributed by atoms with Crippen LogP contribution in [-0.2, 0) is 24.6 Å². The van der Waals surface area contributed by atoms with Crippen molar-refractivity contribution in [2.45, 2.75) is 19.7 Å². The van der Waals surface area contributed by atoms with Gasteiger partial charge >= 0.3 is 12.1 Å². The number of hydrogen-bond acceptors (Lipinski definition) is 6. The number of aromatic nitrogens is 5. The van der Waals surface area contributed by atoms with Crippen molar-refractivity contribution in [3.63, 3.8) is 0 Å². The van der Waals surface area contributed by atoms with Crippen LogP contribution in [0.3, 0.4) is 0 Å². The van der Waals surface area contributed by atoms with E-state index in [9.17, 15) is 18.0 Å². The molecule has 0 aliphatic heterocycles. The molecule has 0 fully saturated rings. The van der Waals surface area contributed by atoms with Crippen LogP contribution in [0.15, 0.2) is 18.2 Å². The average Bonchev–Trinajstić information content (AvgIpc) is 3.20. The number of benzene rings is 1. The molecule has 0 saturated heterocycles. The molecule has 3 rings (SSSR count). The monoisotopic (exact) mass is 369 g/mol. The van der Waals surface area contributed by atoms with Gasteiger partial charge in [-0.1, -0.05) is 0 Å². The summed E-state index contributed by atoms with van der Waals surface area (Å²) >= 11 is 0. The van der Waals surface area contributed by atoms with E-state index in [0.29, 0.717) is 5.82 Å². The predicted octanol–water partition coefficient (Wildman–Crippen LogP) is 2.47. The van der Waals surface area contributed by atoms with Crippen LogP contribution in [0, 0.1) is 0 Å². The van der Waals surface area contributed by atoms with Gasteiger partial charge in [0.1, 0.15) is 18.1 Å². The molecule has 0 radical (unpaired) electrons. The number of fused-ring (bicyclic) bond motifs is 1. The third-order valence-electron chi connectivity index (χ3n) is 3.70. The van der Waals surface area contributed by atoms with Gasteiger partial charge in [-0.15, -0.1) is 5.10 Å². The van der Waals surface area contributed by atoms with E-state index in [1.165, 1.54) is 17.7 Å². The number of halogens is 3. The summed E-state index contributed by atoms with van der Waals surface area (Å²) in [5.74, 6) is -0.259. The molecule has 0 saturated carbocycles. The highest BCUT2D eigenvalue weighted by Gasteiger charge is 2.35. The first-order chi connectivity index (χ1) is 12.3. The van der Waals surface area contributed by atoms with Crippen LogP contribution in [0.2, 0.25) is 0 Å². The number of nitrogens with one attached hydrogen (secondary N) is 1. The van der Waals surface area contributed by atoms with E-state index in [1.54, 1.807) is 6.92 Å². The van der Waals surface area contributed by atoms with Gasteiger partial charge in [0, 0.05) is 12.4 Å². The molecule has 0 atom stereocenters. The highest BCUT2D eigenvalue weighted by Crippen LogP contribution is 2.39. The van der Waals surface area contributed by atoms with Crippen LogP contribution in [0.5, 0.6) is 5.75 Å². The predicted molar refractivity (Wildman–Crippen MR) is 82.4 cm³/mol. The van der Waals surface area contributed by atoms with Crippen molar-refractivity contribution < 1.29 is 27.4 Å². The number of aromatic amines is 1. The zero-order chi connectivity index (χ0) is 18.9. The number of ether oxygens (including phenoxy) is 2. The lowest BCUT2D eigenvalue weighted by molar-refractivity contribution is -0.136. The Hall–Kier alpha value is -3.11. The molecule has 0 amide bonds. The standard InChI is InChI=1S/C15H14F3N5O3/c1-3-25-14(24)10-6-8-9(15(16,17)18)4-5-11(13(8)23(10)2)26-7-12-19-21-22-20-12/h4-6H,3,7H2,1-2H3,(H,19,20,21,22).